The summed E-state index contributed by atoms with van der Waals surface area (Å²) in [6, 6.07) is 10.4. The van der Waals surface area contributed by atoms with Gasteiger partial charge in [-0.2, -0.15) is 0 Å². The topological polar surface area (TPSA) is 63.8 Å². The molecule has 1 atom stereocenters. The first kappa shape index (κ1) is 12.7. The van der Waals surface area contributed by atoms with Crippen molar-refractivity contribution in [3.63, 3.8) is 0 Å². The Balaban J connectivity index is 2.02. The van der Waals surface area contributed by atoms with Gasteiger partial charge in [-0.1, -0.05) is 24.3 Å². The first-order valence-corrected chi connectivity index (χ1v) is 6.09. The Hall–Kier alpha value is -1.78. The van der Waals surface area contributed by atoms with Crippen LogP contribution in [0, 0.1) is 0 Å². The number of aromatic nitrogens is 2. The van der Waals surface area contributed by atoms with Gasteiger partial charge in [0, 0.05) is 37.1 Å². The zero-order valence-electron chi connectivity index (χ0n) is 10.5. The molecule has 0 aliphatic rings. The van der Waals surface area contributed by atoms with Crippen molar-refractivity contribution >= 4 is 0 Å². The van der Waals surface area contributed by atoms with E-state index >= 15 is 0 Å². The van der Waals surface area contributed by atoms with E-state index in [2.05, 4.69) is 34.3 Å². The van der Waals surface area contributed by atoms with Crippen LogP contribution >= 0.6 is 0 Å². The number of nitrogens with two attached hydrogens (primary N) is 1. The van der Waals surface area contributed by atoms with E-state index in [1.807, 2.05) is 18.2 Å². The number of nitrogens with one attached hydrogen (secondary N) is 1. The van der Waals surface area contributed by atoms with Gasteiger partial charge in [-0.25, -0.2) is 9.97 Å². The monoisotopic (exact) mass is 242 g/mol. The average molecular weight is 242 g/mol. The lowest BCUT2D eigenvalue weighted by atomic mass is 10.1. The van der Waals surface area contributed by atoms with Crippen molar-refractivity contribution in [1.82, 2.24) is 15.3 Å². The first-order chi connectivity index (χ1) is 8.79. The molecule has 0 amide bonds. The summed E-state index contributed by atoms with van der Waals surface area (Å²) in [5.41, 5.74) is 7.82. The summed E-state index contributed by atoms with van der Waals surface area (Å²) < 4.78 is 0. The Labute approximate surface area is 107 Å². The molecule has 18 heavy (non-hydrogen) atoms. The fourth-order valence-corrected chi connectivity index (χ4v) is 1.60. The normalized spacial score (nSPS) is 12.3. The molecular weight excluding hydrogens is 224 g/mol. The summed E-state index contributed by atoms with van der Waals surface area (Å²) in [7, 11) is 0. The lowest BCUT2D eigenvalue weighted by Gasteiger charge is -2.11. The van der Waals surface area contributed by atoms with Crippen LogP contribution in [0.4, 0.5) is 0 Å². The van der Waals surface area contributed by atoms with Gasteiger partial charge in [-0.05, 0) is 18.6 Å². The Morgan fingerprint density at radius 2 is 1.83 bits per heavy atom. The molecule has 4 nitrogen and oxygen atoms in total. The molecule has 1 heterocycles. The highest BCUT2D eigenvalue weighted by Gasteiger charge is 2.01. The maximum absolute atomic E-state index is 5.56. The third-order valence-corrected chi connectivity index (χ3v) is 2.79. The average Bonchev–Trinajstić information content (AvgIpc) is 2.46. The molecular formula is C14H18N4. The quantitative estimate of drug-likeness (QED) is 0.835. The number of hydrogen-bond acceptors (Lipinski definition) is 4. The number of rotatable bonds is 5. The van der Waals surface area contributed by atoms with Gasteiger partial charge in [0.25, 0.3) is 0 Å². The Kier molecular flexibility index (Phi) is 4.39. The van der Waals surface area contributed by atoms with Gasteiger partial charge in [0.15, 0.2) is 5.82 Å². The molecule has 0 bridgehead atoms. The summed E-state index contributed by atoms with van der Waals surface area (Å²) in [5.74, 6) is 0.757. The van der Waals surface area contributed by atoms with Gasteiger partial charge >= 0.3 is 0 Å². The van der Waals surface area contributed by atoms with Gasteiger partial charge in [-0.15, -0.1) is 0 Å². The Morgan fingerprint density at radius 3 is 2.44 bits per heavy atom. The molecule has 0 aliphatic carbocycles. The first-order valence-electron chi connectivity index (χ1n) is 6.09. The molecule has 0 saturated carbocycles. The molecule has 4 heteroatoms. The van der Waals surface area contributed by atoms with Crippen LogP contribution in [0.25, 0.3) is 11.4 Å². The van der Waals surface area contributed by atoms with E-state index in [0.717, 1.165) is 17.9 Å². The zero-order chi connectivity index (χ0) is 12.8. The fourth-order valence-electron chi connectivity index (χ4n) is 1.60. The minimum absolute atomic E-state index is 0.335. The van der Waals surface area contributed by atoms with Crippen molar-refractivity contribution in [3.05, 3.63) is 48.3 Å². The number of benzene rings is 1. The maximum Gasteiger partial charge on any atom is 0.159 e. The molecule has 1 aromatic heterocycles. The summed E-state index contributed by atoms with van der Waals surface area (Å²) in [4.78, 5) is 8.45. The second kappa shape index (κ2) is 6.23. The van der Waals surface area contributed by atoms with E-state index < -0.39 is 0 Å². The second-order valence-corrected chi connectivity index (χ2v) is 4.29. The third kappa shape index (κ3) is 3.35. The predicted molar refractivity (Wildman–Crippen MR) is 72.8 cm³/mol. The van der Waals surface area contributed by atoms with Crippen LogP contribution in [-0.4, -0.2) is 22.6 Å². The number of hydrogen-bond donors (Lipinski definition) is 2. The van der Waals surface area contributed by atoms with Crippen molar-refractivity contribution in [3.8, 4) is 11.4 Å². The molecule has 3 N–H and O–H groups in total. The van der Waals surface area contributed by atoms with Crippen molar-refractivity contribution in [2.45, 2.75) is 19.5 Å². The molecule has 2 rings (SSSR count). The molecule has 1 aromatic carbocycles. The van der Waals surface area contributed by atoms with Gasteiger partial charge in [-0.3, -0.25) is 0 Å². The molecule has 94 valence electrons. The van der Waals surface area contributed by atoms with Gasteiger partial charge < -0.3 is 11.1 Å². The summed E-state index contributed by atoms with van der Waals surface area (Å²) in [6.45, 7) is 3.55. The molecule has 2 aromatic rings. The van der Waals surface area contributed by atoms with Crippen LogP contribution in [0.1, 0.15) is 12.5 Å². The van der Waals surface area contributed by atoms with E-state index in [1.165, 1.54) is 5.56 Å². The van der Waals surface area contributed by atoms with Crippen LogP contribution in [0.2, 0.25) is 0 Å². The van der Waals surface area contributed by atoms with Crippen molar-refractivity contribution in [1.29, 1.82) is 0 Å². The minimum atomic E-state index is 0.335. The van der Waals surface area contributed by atoms with Crippen molar-refractivity contribution in [2.24, 2.45) is 5.73 Å². The van der Waals surface area contributed by atoms with Crippen LogP contribution in [0.15, 0.2) is 42.7 Å². The highest BCUT2D eigenvalue weighted by molar-refractivity contribution is 5.54. The van der Waals surface area contributed by atoms with Gasteiger partial charge in [0.05, 0.1) is 0 Å². The van der Waals surface area contributed by atoms with E-state index in [-0.39, 0.29) is 0 Å². The molecule has 0 saturated heterocycles. The zero-order valence-corrected chi connectivity index (χ0v) is 10.5. The highest BCUT2D eigenvalue weighted by atomic mass is 14.9. The molecule has 0 radical (unpaired) electrons. The standard InChI is InChI=1S/C14H18N4/c1-11(9-15)18-10-12-3-5-13(6-4-12)14-16-7-2-8-17-14/h2-8,11,18H,9-10,15H2,1H3/t11-/m0/s1. The highest BCUT2D eigenvalue weighted by Crippen LogP contribution is 2.14. The molecule has 0 unspecified atom stereocenters. The molecule has 0 fully saturated rings. The predicted octanol–water partition coefficient (Wildman–Crippen LogP) is 1.58. The Morgan fingerprint density at radius 1 is 1.17 bits per heavy atom. The van der Waals surface area contributed by atoms with E-state index in [4.69, 9.17) is 5.73 Å². The molecule has 0 spiro atoms. The molecule has 0 aliphatic heterocycles. The summed E-state index contributed by atoms with van der Waals surface area (Å²) in [5, 5.41) is 3.35. The smallest absolute Gasteiger partial charge is 0.159 e. The summed E-state index contributed by atoms with van der Waals surface area (Å²) in [6.07, 6.45) is 3.50. The third-order valence-electron chi connectivity index (χ3n) is 2.79. The van der Waals surface area contributed by atoms with Crippen LogP contribution in [0.3, 0.4) is 0 Å². The Bertz CT molecular complexity index is 467. The lowest BCUT2D eigenvalue weighted by Crippen LogP contribution is -2.32. The van der Waals surface area contributed by atoms with E-state index in [9.17, 15) is 0 Å². The van der Waals surface area contributed by atoms with Crippen LogP contribution in [-0.2, 0) is 6.54 Å². The van der Waals surface area contributed by atoms with E-state index in [1.54, 1.807) is 12.4 Å². The van der Waals surface area contributed by atoms with Crippen molar-refractivity contribution < 1.29 is 0 Å². The fraction of sp³-hybridized carbons (Fsp3) is 0.286. The SMILES string of the molecule is C[C@@H](CN)NCc1ccc(-c2ncccn2)cc1. The number of nitrogens with zero attached hydrogens (tertiary/aromatic N) is 2. The maximum atomic E-state index is 5.56. The lowest BCUT2D eigenvalue weighted by molar-refractivity contribution is 0.556. The van der Waals surface area contributed by atoms with Crippen LogP contribution < -0.4 is 11.1 Å². The minimum Gasteiger partial charge on any atom is -0.329 e. The summed E-state index contributed by atoms with van der Waals surface area (Å²) >= 11 is 0. The van der Waals surface area contributed by atoms with Gasteiger partial charge in [0.1, 0.15) is 0 Å². The van der Waals surface area contributed by atoms with Crippen molar-refractivity contribution in [2.75, 3.05) is 6.54 Å². The van der Waals surface area contributed by atoms with E-state index in [0.29, 0.717) is 12.6 Å². The second-order valence-electron chi connectivity index (χ2n) is 4.29. The van der Waals surface area contributed by atoms with Crippen LogP contribution in [0.5, 0.6) is 0 Å². The largest absolute Gasteiger partial charge is 0.329 e. The van der Waals surface area contributed by atoms with Gasteiger partial charge in [0.2, 0.25) is 0 Å².